The molecular weight excluding hydrogens is 230 g/mol. The SMILES string of the molecule is CON(C)C(=O)c1cc(N(C)C)cc(N(C)C)c1. The molecule has 1 aromatic carbocycles. The predicted octanol–water partition coefficient (Wildman–Crippen LogP) is 1.45. The Morgan fingerprint density at radius 1 is 0.944 bits per heavy atom. The summed E-state index contributed by atoms with van der Waals surface area (Å²) in [4.78, 5) is 21.0. The number of benzene rings is 1. The van der Waals surface area contributed by atoms with E-state index < -0.39 is 0 Å². The second-order valence-corrected chi connectivity index (χ2v) is 4.51. The van der Waals surface area contributed by atoms with Gasteiger partial charge in [-0.15, -0.1) is 0 Å². The van der Waals surface area contributed by atoms with Crippen molar-refractivity contribution in [2.75, 3.05) is 52.1 Å². The van der Waals surface area contributed by atoms with Gasteiger partial charge in [0, 0.05) is 52.2 Å². The molecule has 1 rings (SSSR count). The molecule has 0 saturated heterocycles. The van der Waals surface area contributed by atoms with Crippen molar-refractivity contribution in [1.82, 2.24) is 5.06 Å². The number of nitrogens with zero attached hydrogens (tertiary/aromatic N) is 3. The van der Waals surface area contributed by atoms with Crippen LogP contribution in [0, 0.1) is 0 Å². The van der Waals surface area contributed by atoms with Crippen LogP contribution in [-0.4, -0.2) is 53.3 Å². The van der Waals surface area contributed by atoms with Gasteiger partial charge in [0.25, 0.3) is 5.91 Å². The molecule has 0 fully saturated rings. The number of hydrogen-bond acceptors (Lipinski definition) is 4. The van der Waals surface area contributed by atoms with E-state index in [0.717, 1.165) is 11.4 Å². The van der Waals surface area contributed by atoms with E-state index in [1.54, 1.807) is 7.05 Å². The largest absolute Gasteiger partial charge is 0.378 e. The van der Waals surface area contributed by atoms with Crippen molar-refractivity contribution in [1.29, 1.82) is 0 Å². The second kappa shape index (κ2) is 5.73. The van der Waals surface area contributed by atoms with Crippen LogP contribution in [0.1, 0.15) is 10.4 Å². The first kappa shape index (κ1) is 14.3. The topological polar surface area (TPSA) is 36.0 Å². The third kappa shape index (κ3) is 3.13. The molecule has 0 aliphatic carbocycles. The molecule has 0 heterocycles. The van der Waals surface area contributed by atoms with Gasteiger partial charge in [-0.3, -0.25) is 9.63 Å². The van der Waals surface area contributed by atoms with E-state index in [1.807, 2.05) is 56.2 Å². The average Bonchev–Trinajstić information content (AvgIpc) is 2.36. The van der Waals surface area contributed by atoms with Crippen molar-refractivity contribution >= 4 is 17.3 Å². The lowest BCUT2D eigenvalue weighted by Crippen LogP contribution is -2.26. The molecule has 1 amide bonds. The molecule has 5 heteroatoms. The summed E-state index contributed by atoms with van der Waals surface area (Å²) in [6, 6.07) is 5.74. The standard InChI is InChI=1S/C13H21N3O2/c1-14(2)11-7-10(13(17)16(5)18-6)8-12(9-11)15(3)4/h7-9H,1-6H3. The van der Waals surface area contributed by atoms with Gasteiger partial charge in [-0.2, -0.15) is 0 Å². The van der Waals surface area contributed by atoms with E-state index >= 15 is 0 Å². The van der Waals surface area contributed by atoms with Crippen LogP contribution in [-0.2, 0) is 4.84 Å². The van der Waals surface area contributed by atoms with E-state index in [1.165, 1.54) is 12.2 Å². The summed E-state index contributed by atoms with van der Waals surface area (Å²) in [7, 11) is 10.9. The highest BCUT2D eigenvalue weighted by Gasteiger charge is 2.14. The quantitative estimate of drug-likeness (QED) is 0.759. The van der Waals surface area contributed by atoms with Crippen molar-refractivity contribution in [2.45, 2.75) is 0 Å². The highest BCUT2D eigenvalue weighted by atomic mass is 16.7. The fraction of sp³-hybridized carbons (Fsp3) is 0.462. The van der Waals surface area contributed by atoms with Crippen LogP contribution in [0.15, 0.2) is 18.2 Å². The zero-order valence-corrected chi connectivity index (χ0v) is 11.9. The summed E-state index contributed by atoms with van der Waals surface area (Å²) >= 11 is 0. The van der Waals surface area contributed by atoms with Gasteiger partial charge in [-0.25, -0.2) is 5.06 Å². The minimum absolute atomic E-state index is 0.163. The van der Waals surface area contributed by atoms with Gasteiger partial charge in [0.05, 0.1) is 7.11 Å². The van der Waals surface area contributed by atoms with Gasteiger partial charge in [-0.05, 0) is 18.2 Å². The molecule has 0 unspecified atom stereocenters. The summed E-state index contributed by atoms with van der Waals surface area (Å²) in [6.07, 6.45) is 0. The lowest BCUT2D eigenvalue weighted by molar-refractivity contribution is -0.0756. The first-order valence-corrected chi connectivity index (χ1v) is 5.68. The zero-order chi connectivity index (χ0) is 13.9. The van der Waals surface area contributed by atoms with E-state index in [0.29, 0.717) is 5.56 Å². The fourth-order valence-corrected chi connectivity index (χ4v) is 1.50. The number of carbonyl (C=O) groups excluding carboxylic acids is 1. The van der Waals surface area contributed by atoms with Crippen LogP contribution < -0.4 is 9.80 Å². The molecule has 0 radical (unpaired) electrons. The number of hydroxylamine groups is 2. The molecule has 0 saturated carbocycles. The van der Waals surface area contributed by atoms with Crippen LogP contribution in [0.3, 0.4) is 0 Å². The Balaban J connectivity index is 3.23. The summed E-state index contributed by atoms with van der Waals surface area (Å²) in [5.74, 6) is -0.163. The Morgan fingerprint density at radius 3 is 1.72 bits per heavy atom. The molecule has 0 atom stereocenters. The molecule has 0 N–H and O–H groups in total. The Bertz CT molecular complexity index is 404. The van der Waals surface area contributed by atoms with Crippen LogP contribution in [0.2, 0.25) is 0 Å². The molecule has 0 aliphatic rings. The second-order valence-electron chi connectivity index (χ2n) is 4.51. The van der Waals surface area contributed by atoms with E-state index in [-0.39, 0.29) is 5.91 Å². The lowest BCUT2D eigenvalue weighted by atomic mass is 10.1. The fourth-order valence-electron chi connectivity index (χ4n) is 1.50. The highest BCUT2D eigenvalue weighted by Crippen LogP contribution is 2.23. The van der Waals surface area contributed by atoms with Gasteiger partial charge in [0.15, 0.2) is 0 Å². The number of rotatable bonds is 4. The van der Waals surface area contributed by atoms with Crippen molar-refractivity contribution in [2.24, 2.45) is 0 Å². The molecule has 0 aromatic heterocycles. The van der Waals surface area contributed by atoms with Gasteiger partial charge in [-0.1, -0.05) is 0 Å². The van der Waals surface area contributed by atoms with E-state index in [4.69, 9.17) is 4.84 Å². The lowest BCUT2D eigenvalue weighted by Gasteiger charge is -2.21. The Hall–Kier alpha value is -1.75. The molecule has 1 aromatic rings. The zero-order valence-electron chi connectivity index (χ0n) is 11.9. The first-order valence-electron chi connectivity index (χ1n) is 5.68. The maximum atomic E-state index is 12.1. The molecule has 100 valence electrons. The minimum Gasteiger partial charge on any atom is -0.378 e. The summed E-state index contributed by atoms with van der Waals surface area (Å²) in [5, 5.41) is 1.22. The molecule has 0 bridgehead atoms. The highest BCUT2D eigenvalue weighted by molar-refractivity contribution is 5.95. The monoisotopic (exact) mass is 251 g/mol. The van der Waals surface area contributed by atoms with Gasteiger partial charge < -0.3 is 9.80 Å². The summed E-state index contributed by atoms with van der Waals surface area (Å²) in [6.45, 7) is 0. The molecule has 5 nitrogen and oxygen atoms in total. The van der Waals surface area contributed by atoms with Gasteiger partial charge in [0.2, 0.25) is 0 Å². The minimum atomic E-state index is -0.163. The number of hydrogen-bond donors (Lipinski definition) is 0. The van der Waals surface area contributed by atoms with Crippen LogP contribution in [0.25, 0.3) is 0 Å². The first-order chi connectivity index (χ1) is 8.36. The van der Waals surface area contributed by atoms with Crippen LogP contribution >= 0.6 is 0 Å². The van der Waals surface area contributed by atoms with E-state index in [2.05, 4.69) is 0 Å². The Kier molecular flexibility index (Phi) is 4.55. The Morgan fingerprint density at radius 2 is 1.39 bits per heavy atom. The Labute approximate surface area is 108 Å². The summed E-state index contributed by atoms with van der Waals surface area (Å²) in [5.41, 5.74) is 2.57. The molecule has 0 spiro atoms. The number of carbonyl (C=O) groups is 1. The normalized spacial score (nSPS) is 10.1. The maximum absolute atomic E-state index is 12.1. The third-order valence-electron chi connectivity index (χ3n) is 2.74. The van der Waals surface area contributed by atoms with Gasteiger partial charge in [0.1, 0.15) is 0 Å². The van der Waals surface area contributed by atoms with Crippen molar-refractivity contribution in [3.8, 4) is 0 Å². The van der Waals surface area contributed by atoms with Crippen molar-refractivity contribution in [3.05, 3.63) is 23.8 Å². The average molecular weight is 251 g/mol. The number of anilines is 2. The van der Waals surface area contributed by atoms with Crippen molar-refractivity contribution in [3.63, 3.8) is 0 Å². The maximum Gasteiger partial charge on any atom is 0.277 e. The van der Waals surface area contributed by atoms with E-state index in [9.17, 15) is 4.79 Å². The predicted molar refractivity (Wildman–Crippen MR) is 74.2 cm³/mol. The molecule has 18 heavy (non-hydrogen) atoms. The summed E-state index contributed by atoms with van der Waals surface area (Å²) < 4.78 is 0. The third-order valence-corrected chi connectivity index (χ3v) is 2.74. The van der Waals surface area contributed by atoms with Gasteiger partial charge >= 0.3 is 0 Å². The van der Waals surface area contributed by atoms with Crippen LogP contribution in [0.5, 0.6) is 0 Å². The van der Waals surface area contributed by atoms with Crippen molar-refractivity contribution < 1.29 is 9.63 Å². The smallest absolute Gasteiger partial charge is 0.277 e. The van der Waals surface area contributed by atoms with Crippen LogP contribution in [0.4, 0.5) is 11.4 Å². The molecule has 0 aliphatic heterocycles. The molecular formula is C13H21N3O2. The number of amides is 1.